The number of carbonyl (C=O) groups is 1. The van der Waals surface area contributed by atoms with Crippen LogP contribution in [0.2, 0.25) is 0 Å². The summed E-state index contributed by atoms with van der Waals surface area (Å²) >= 11 is 1.71. The molecule has 0 bridgehead atoms. The molecule has 8 heteroatoms. The average molecular weight is 557 g/mol. The first-order chi connectivity index (χ1) is 19.6. The lowest BCUT2D eigenvalue weighted by molar-refractivity contribution is -0.245. The van der Waals surface area contributed by atoms with Gasteiger partial charge in [0.15, 0.2) is 6.29 Å². The smallest absolute Gasteiger partial charge is 0.253 e. The van der Waals surface area contributed by atoms with Crippen molar-refractivity contribution < 1.29 is 24.1 Å². The molecule has 1 aliphatic rings. The van der Waals surface area contributed by atoms with Gasteiger partial charge in [0, 0.05) is 41.6 Å². The Kier molecular flexibility index (Phi) is 9.46. The van der Waals surface area contributed by atoms with E-state index in [0.29, 0.717) is 18.5 Å². The van der Waals surface area contributed by atoms with Crippen molar-refractivity contribution in [3.8, 4) is 5.75 Å². The molecule has 2 N–H and O–H groups in total. The summed E-state index contributed by atoms with van der Waals surface area (Å²) in [7, 11) is 1.68. The summed E-state index contributed by atoms with van der Waals surface area (Å²) in [4.78, 5) is 17.4. The van der Waals surface area contributed by atoms with Crippen LogP contribution in [0.5, 0.6) is 5.75 Å². The van der Waals surface area contributed by atoms with Crippen LogP contribution in [-0.2, 0) is 22.6 Å². The highest BCUT2D eigenvalue weighted by atomic mass is 32.2. The first kappa shape index (κ1) is 27.9. The molecule has 0 spiro atoms. The van der Waals surface area contributed by atoms with Crippen LogP contribution in [0.1, 0.15) is 51.4 Å². The third-order valence-electron chi connectivity index (χ3n) is 6.74. The fourth-order valence-electron chi connectivity index (χ4n) is 4.52. The topological polar surface area (TPSA) is 89.9 Å². The minimum absolute atomic E-state index is 0.00472. The first-order valence-corrected chi connectivity index (χ1v) is 14.1. The molecule has 40 heavy (non-hydrogen) atoms. The van der Waals surface area contributed by atoms with Crippen molar-refractivity contribution in [2.45, 2.75) is 43.0 Å². The number of amides is 1. The van der Waals surface area contributed by atoms with E-state index < -0.39 is 6.29 Å². The van der Waals surface area contributed by atoms with Gasteiger partial charge >= 0.3 is 0 Å². The van der Waals surface area contributed by atoms with Crippen LogP contribution >= 0.6 is 11.8 Å². The Balaban J connectivity index is 1.28. The van der Waals surface area contributed by atoms with Gasteiger partial charge < -0.3 is 24.6 Å². The zero-order valence-corrected chi connectivity index (χ0v) is 23.1. The molecular weight excluding hydrogens is 524 g/mol. The zero-order chi connectivity index (χ0) is 27.7. The van der Waals surface area contributed by atoms with Crippen molar-refractivity contribution in [3.63, 3.8) is 0 Å². The number of carbonyl (C=O) groups excluding carboxylic acids is 1. The number of thioether (sulfide) groups is 1. The van der Waals surface area contributed by atoms with E-state index >= 15 is 0 Å². The van der Waals surface area contributed by atoms with E-state index in [1.165, 1.54) is 0 Å². The minimum Gasteiger partial charge on any atom is -0.496 e. The fraction of sp³-hybridized carbons (Fsp3) is 0.250. The van der Waals surface area contributed by atoms with E-state index in [-0.39, 0.29) is 24.7 Å². The zero-order valence-electron chi connectivity index (χ0n) is 22.2. The Labute approximate surface area is 238 Å². The number of methoxy groups -OCH3 is 1. The highest BCUT2D eigenvalue weighted by molar-refractivity contribution is 7.99. The predicted molar refractivity (Wildman–Crippen MR) is 154 cm³/mol. The van der Waals surface area contributed by atoms with Gasteiger partial charge in [0.2, 0.25) is 0 Å². The standard InChI is InChI=1S/C32H32N2O5S/c1-37-28-6-2-3-7-30(28)40-21-27-17-29(24-12-10-23(20-35)11-13-24)39-32(38-27)25-14-8-22(9-15-25)18-34-31(36)26-5-4-16-33-19-26/h2-16,19,27,29,32,35H,17-18,20-21H2,1H3,(H,34,36)/t27-,29+,32+/m1/s1. The molecule has 3 aromatic carbocycles. The summed E-state index contributed by atoms with van der Waals surface area (Å²) in [6.07, 6.45) is 3.13. The number of nitrogens with zero attached hydrogens (tertiary/aromatic N) is 1. The number of pyridine rings is 1. The van der Waals surface area contributed by atoms with Crippen molar-refractivity contribution in [1.29, 1.82) is 0 Å². The molecular formula is C32H32N2O5S. The third kappa shape index (κ3) is 7.08. The molecule has 0 aliphatic carbocycles. The number of ether oxygens (including phenoxy) is 3. The second kappa shape index (κ2) is 13.6. The molecule has 2 heterocycles. The van der Waals surface area contributed by atoms with Gasteiger partial charge in [0.25, 0.3) is 5.91 Å². The number of nitrogens with one attached hydrogen (secondary N) is 1. The molecule has 1 aliphatic heterocycles. The Hall–Kier alpha value is -3.69. The molecule has 1 saturated heterocycles. The van der Waals surface area contributed by atoms with E-state index in [1.807, 2.05) is 66.7 Å². The minimum atomic E-state index is -0.543. The molecule has 1 aromatic heterocycles. The highest BCUT2D eigenvalue weighted by Gasteiger charge is 2.32. The fourth-order valence-corrected chi connectivity index (χ4v) is 5.57. The van der Waals surface area contributed by atoms with Crippen LogP contribution in [0.3, 0.4) is 0 Å². The quantitative estimate of drug-likeness (QED) is 0.237. The largest absolute Gasteiger partial charge is 0.496 e. The molecule has 4 aromatic rings. The molecule has 0 unspecified atom stereocenters. The molecule has 7 nitrogen and oxygen atoms in total. The molecule has 0 radical (unpaired) electrons. The monoisotopic (exact) mass is 556 g/mol. The van der Waals surface area contributed by atoms with E-state index in [2.05, 4.69) is 16.4 Å². The van der Waals surface area contributed by atoms with Crippen LogP contribution in [0, 0.1) is 0 Å². The number of aromatic nitrogens is 1. The molecule has 3 atom stereocenters. The van der Waals surface area contributed by atoms with Crippen LogP contribution in [0.4, 0.5) is 0 Å². The number of hydrogen-bond acceptors (Lipinski definition) is 7. The summed E-state index contributed by atoms with van der Waals surface area (Å²) in [6.45, 7) is 0.406. The lowest BCUT2D eigenvalue weighted by atomic mass is 10.0. The summed E-state index contributed by atoms with van der Waals surface area (Å²) in [5.74, 6) is 1.42. The van der Waals surface area contributed by atoms with Crippen LogP contribution in [0.15, 0.2) is 102 Å². The lowest BCUT2D eigenvalue weighted by Gasteiger charge is -2.36. The van der Waals surface area contributed by atoms with Crippen molar-refractivity contribution in [2.24, 2.45) is 0 Å². The SMILES string of the molecule is COc1ccccc1SC[C@H]1C[C@@H](c2ccc(CO)cc2)O[C@@H](c2ccc(CNC(=O)c3cccnc3)cc2)O1. The Bertz CT molecular complexity index is 1380. The van der Waals surface area contributed by atoms with Crippen molar-refractivity contribution in [3.05, 3.63) is 125 Å². The molecule has 1 fully saturated rings. The molecule has 1 amide bonds. The second-order valence-electron chi connectivity index (χ2n) is 9.48. The van der Waals surface area contributed by atoms with Crippen molar-refractivity contribution >= 4 is 17.7 Å². The Morgan fingerprint density at radius 2 is 1.73 bits per heavy atom. The number of para-hydroxylation sites is 1. The van der Waals surface area contributed by atoms with Gasteiger partial charge in [-0.1, -0.05) is 60.7 Å². The molecule has 206 valence electrons. The number of benzene rings is 3. The average Bonchev–Trinajstić information content (AvgIpc) is 3.03. The van der Waals surface area contributed by atoms with E-state index in [0.717, 1.165) is 38.7 Å². The third-order valence-corrected chi connectivity index (χ3v) is 7.92. The van der Waals surface area contributed by atoms with Gasteiger partial charge in [-0.15, -0.1) is 11.8 Å². The number of hydrogen-bond donors (Lipinski definition) is 2. The Morgan fingerprint density at radius 1 is 0.975 bits per heavy atom. The van der Waals surface area contributed by atoms with Gasteiger partial charge in [0.05, 0.1) is 31.5 Å². The highest BCUT2D eigenvalue weighted by Crippen LogP contribution is 2.40. The summed E-state index contributed by atoms with van der Waals surface area (Å²) in [5, 5.41) is 12.4. The van der Waals surface area contributed by atoms with Gasteiger partial charge in [-0.05, 0) is 41.0 Å². The van der Waals surface area contributed by atoms with E-state index in [1.54, 1.807) is 43.4 Å². The summed E-state index contributed by atoms with van der Waals surface area (Å²) < 4.78 is 18.4. The van der Waals surface area contributed by atoms with E-state index in [9.17, 15) is 9.90 Å². The number of aliphatic hydroxyl groups is 1. The summed E-state index contributed by atoms with van der Waals surface area (Å²) in [6, 6.07) is 27.3. The number of aliphatic hydroxyl groups excluding tert-OH is 1. The van der Waals surface area contributed by atoms with Crippen LogP contribution < -0.4 is 10.1 Å². The van der Waals surface area contributed by atoms with Crippen LogP contribution in [-0.4, -0.2) is 35.0 Å². The van der Waals surface area contributed by atoms with Crippen molar-refractivity contribution in [1.82, 2.24) is 10.3 Å². The summed E-state index contributed by atoms with van der Waals surface area (Å²) in [5.41, 5.74) is 4.31. The molecule has 5 rings (SSSR count). The van der Waals surface area contributed by atoms with Gasteiger partial charge in [-0.2, -0.15) is 0 Å². The van der Waals surface area contributed by atoms with Crippen LogP contribution in [0.25, 0.3) is 0 Å². The maximum atomic E-state index is 12.4. The lowest BCUT2D eigenvalue weighted by Crippen LogP contribution is -2.31. The second-order valence-corrected chi connectivity index (χ2v) is 10.5. The van der Waals surface area contributed by atoms with E-state index in [4.69, 9.17) is 14.2 Å². The maximum absolute atomic E-state index is 12.4. The maximum Gasteiger partial charge on any atom is 0.253 e. The Morgan fingerprint density at radius 3 is 2.45 bits per heavy atom. The van der Waals surface area contributed by atoms with Gasteiger partial charge in [-0.25, -0.2) is 0 Å². The van der Waals surface area contributed by atoms with Gasteiger partial charge in [0.1, 0.15) is 5.75 Å². The number of rotatable bonds is 10. The first-order valence-electron chi connectivity index (χ1n) is 13.2. The molecule has 0 saturated carbocycles. The van der Waals surface area contributed by atoms with Gasteiger partial charge in [-0.3, -0.25) is 9.78 Å². The predicted octanol–water partition coefficient (Wildman–Crippen LogP) is 5.85. The normalized spacial score (nSPS) is 18.7. The van der Waals surface area contributed by atoms with Crippen molar-refractivity contribution in [2.75, 3.05) is 12.9 Å².